The lowest BCUT2D eigenvalue weighted by atomic mass is 10.3. The van der Waals surface area contributed by atoms with Gasteiger partial charge in [-0.3, -0.25) is 4.90 Å². The van der Waals surface area contributed by atoms with Crippen molar-refractivity contribution in [3.8, 4) is 0 Å². The summed E-state index contributed by atoms with van der Waals surface area (Å²) in [4.78, 5) is 9.43. The van der Waals surface area contributed by atoms with Gasteiger partial charge in [0.05, 0.1) is 35.5 Å². The van der Waals surface area contributed by atoms with E-state index in [0.29, 0.717) is 31.8 Å². The smallest absolute Gasteiger partial charge is 0.240 e. The van der Waals surface area contributed by atoms with Gasteiger partial charge >= 0.3 is 0 Å². The van der Waals surface area contributed by atoms with E-state index in [-0.39, 0.29) is 4.90 Å². The number of fused-ring (bicyclic) bond motifs is 1. The average Bonchev–Trinajstić information content (AvgIpc) is 2.95. The third-order valence-corrected chi connectivity index (χ3v) is 4.98. The van der Waals surface area contributed by atoms with Crippen molar-refractivity contribution < 1.29 is 13.2 Å². The Labute approximate surface area is 123 Å². The van der Waals surface area contributed by atoms with E-state index in [1.54, 1.807) is 24.5 Å². The molecule has 0 unspecified atom stereocenters. The SMILES string of the molecule is O=S(=O)(NCCN1CCOCC1)c1ccc2nc[nH]c2c1. The summed E-state index contributed by atoms with van der Waals surface area (Å²) in [5, 5.41) is 0. The molecule has 2 aromatic rings. The summed E-state index contributed by atoms with van der Waals surface area (Å²) in [6, 6.07) is 4.86. The van der Waals surface area contributed by atoms with Gasteiger partial charge in [0, 0.05) is 26.2 Å². The summed E-state index contributed by atoms with van der Waals surface area (Å²) >= 11 is 0. The number of hydrogen-bond donors (Lipinski definition) is 2. The van der Waals surface area contributed by atoms with Gasteiger partial charge in [-0.05, 0) is 18.2 Å². The fraction of sp³-hybridized carbons (Fsp3) is 0.462. The van der Waals surface area contributed by atoms with Crippen LogP contribution >= 0.6 is 0 Å². The molecule has 2 N–H and O–H groups in total. The van der Waals surface area contributed by atoms with E-state index in [1.807, 2.05) is 0 Å². The highest BCUT2D eigenvalue weighted by Crippen LogP contribution is 2.15. The van der Waals surface area contributed by atoms with Crippen molar-refractivity contribution in [2.45, 2.75) is 4.90 Å². The lowest BCUT2D eigenvalue weighted by molar-refractivity contribution is 0.0390. The molecule has 7 nitrogen and oxygen atoms in total. The number of imidazole rings is 1. The van der Waals surface area contributed by atoms with Gasteiger partial charge in [-0.1, -0.05) is 0 Å². The first-order valence-corrected chi connectivity index (χ1v) is 8.36. The van der Waals surface area contributed by atoms with E-state index >= 15 is 0 Å². The first-order chi connectivity index (χ1) is 10.1. The van der Waals surface area contributed by atoms with Gasteiger partial charge in [0.15, 0.2) is 0 Å². The van der Waals surface area contributed by atoms with Gasteiger partial charge in [0.25, 0.3) is 0 Å². The highest BCUT2D eigenvalue weighted by atomic mass is 32.2. The van der Waals surface area contributed by atoms with Crippen LogP contribution in [0.3, 0.4) is 0 Å². The van der Waals surface area contributed by atoms with Gasteiger partial charge < -0.3 is 9.72 Å². The van der Waals surface area contributed by atoms with Crippen molar-refractivity contribution in [3.05, 3.63) is 24.5 Å². The number of aromatic nitrogens is 2. The topological polar surface area (TPSA) is 87.3 Å². The number of aromatic amines is 1. The molecule has 2 heterocycles. The van der Waals surface area contributed by atoms with Gasteiger partial charge in [-0.2, -0.15) is 0 Å². The molecule has 0 bridgehead atoms. The molecule has 8 heteroatoms. The third-order valence-electron chi connectivity index (χ3n) is 3.53. The number of ether oxygens (including phenoxy) is 1. The Hall–Kier alpha value is -1.48. The number of H-pyrrole nitrogens is 1. The van der Waals surface area contributed by atoms with Crippen molar-refractivity contribution in [1.29, 1.82) is 0 Å². The summed E-state index contributed by atoms with van der Waals surface area (Å²) in [6.07, 6.45) is 1.55. The van der Waals surface area contributed by atoms with E-state index in [1.165, 1.54) is 0 Å². The molecule has 1 aromatic carbocycles. The molecule has 21 heavy (non-hydrogen) atoms. The van der Waals surface area contributed by atoms with Gasteiger partial charge in [-0.15, -0.1) is 0 Å². The molecule has 0 amide bonds. The second-order valence-corrected chi connectivity index (χ2v) is 6.70. The molecule has 1 aromatic heterocycles. The van der Waals surface area contributed by atoms with Gasteiger partial charge in [0.2, 0.25) is 10.0 Å². The predicted octanol–water partition coefficient (Wildman–Crippen LogP) is 0.173. The van der Waals surface area contributed by atoms with E-state index in [0.717, 1.165) is 18.6 Å². The minimum atomic E-state index is -3.49. The highest BCUT2D eigenvalue weighted by molar-refractivity contribution is 7.89. The van der Waals surface area contributed by atoms with E-state index in [4.69, 9.17) is 4.74 Å². The summed E-state index contributed by atoms with van der Waals surface area (Å²) in [7, 11) is -3.49. The minimum Gasteiger partial charge on any atom is -0.379 e. The third kappa shape index (κ3) is 3.41. The Kier molecular flexibility index (Phi) is 4.20. The number of hydrogen-bond acceptors (Lipinski definition) is 5. The maximum atomic E-state index is 12.3. The van der Waals surface area contributed by atoms with E-state index in [2.05, 4.69) is 19.6 Å². The Balaban J connectivity index is 1.62. The molecule has 0 atom stereocenters. The molecule has 114 valence electrons. The maximum absolute atomic E-state index is 12.3. The normalized spacial score (nSPS) is 17.3. The fourth-order valence-electron chi connectivity index (χ4n) is 2.33. The second-order valence-electron chi connectivity index (χ2n) is 4.93. The van der Waals surface area contributed by atoms with Crippen LogP contribution in [0.15, 0.2) is 29.4 Å². The standard InChI is InChI=1S/C13H18N4O3S/c18-21(19,16-3-4-17-5-7-20-8-6-17)11-1-2-12-13(9-11)15-10-14-12/h1-2,9-10,16H,3-8H2,(H,14,15). The number of sulfonamides is 1. The van der Waals surface area contributed by atoms with Crippen LogP contribution in [0, 0.1) is 0 Å². The van der Waals surface area contributed by atoms with Crippen molar-refractivity contribution in [3.63, 3.8) is 0 Å². The minimum absolute atomic E-state index is 0.251. The Morgan fingerprint density at radius 3 is 2.95 bits per heavy atom. The van der Waals surface area contributed by atoms with Gasteiger partial charge in [0.1, 0.15) is 0 Å². The molecule has 0 aliphatic carbocycles. The van der Waals surface area contributed by atoms with Crippen LogP contribution in [0.2, 0.25) is 0 Å². The number of nitrogens with zero attached hydrogens (tertiary/aromatic N) is 2. The highest BCUT2D eigenvalue weighted by Gasteiger charge is 2.16. The molecule has 1 saturated heterocycles. The summed E-state index contributed by atoms with van der Waals surface area (Å²) in [6.45, 7) is 4.20. The first-order valence-electron chi connectivity index (χ1n) is 6.88. The number of nitrogens with one attached hydrogen (secondary N) is 2. The molecule has 0 radical (unpaired) electrons. The summed E-state index contributed by atoms with van der Waals surface area (Å²) in [5.74, 6) is 0. The molecule has 3 rings (SSSR count). The monoisotopic (exact) mass is 310 g/mol. The maximum Gasteiger partial charge on any atom is 0.240 e. The van der Waals surface area contributed by atoms with Crippen molar-refractivity contribution in [1.82, 2.24) is 19.6 Å². The Morgan fingerprint density at radius 1 is 1.33 bits per heavy atom. The number of morpholine rings is 1. The molecule has 1 aliphatic heterocycles. The lowest BCUT2D eigenvalue weighted by Gasteiger charge is -2.26. The van der Waals surface area contributed by atoms with Crippen LogP contribution in [0.5, 0.6) is 0 Å². The zero-order valence-corrected chi connectivity index (χ0v) is 12.4. The molecule has 0 saturated carbocycles. The van der Waals surface area contributed by atoms with Gasteiger partial charge in [-0.25, -0.2) is 18.1 Å². The van der Waals surface area contributed by atoms with Crippen LogP contribution < -0.4 is 4.72 Å². The Morgan fingerprint density at radius 2 is 2.14 bits per heavy atom. The van der Waals surface area contributed by atoms with Crippen molar-refractivity contribution in [2.75, 3.05) is 39.4 Å². The summed E-state index contributed by atoms with van der Waals surface area (Å²) in [5.41, 5.74) is 1.47. The molecular weight excluding hydrogens is 292 g/mol. The second kappa shape index (κ2) is 6.10. The lowest BCUT2D eigenvalue weighted by Crippen LogP contribution is -2.41. The largest absolute Gasteiger partial charge is 0.379 e. The summed E-state index contributed by atoms with van der Waals surface area (Å²) < 4.78 is 32.4. The van der Waals surface area contributed by atoms with Crippen LogP contribution in [0.25, 0.3) is 11.0 Å². The van der Waals surface area contributed by atoms with Crippen LogP contribution in [-0.2, 0) is 14.8 Å². The zero-order chi connectivity index (χ0) is 14.7. The van der Waals surface area contributed by atoms with Crippen LogP contribution in [0.4, 0.5) is 0 Å². The fourth-order valence-corrected chi connectivity index (χ4v) is 3.37. The molecular formula is C13H18N4O3S. The quantitative estimate of drug-likeness (QED) is 0.822. The molecule has 1 aliphatic rings. The van der Waals surface area contributed by atoms with E-state index in [9.17, 15) is 8.42 Å². The first kappa shape index (κ1) is 14.5. The predicted molar refractivity (Wildman–Crippen MR) is 78.5 cm³/mol. The van der Waals surface area contributed by atoms with E-state index < -0.39 is 10.0 Å². The van der Waals surface area contributed by atoms with Crippen LogP contribution in [0.1, 0.15) is 0 Å². The molecule has 1 fully saturated rings. The number of rotatable bonds is 5. The zero-order valence-electron chi connectivity index (χ0n) is 11.6. The molecule has 0 spiro atoms. The number of benzene rings is 1. The van der Waals surface area contributed by atoms with Crippen molar-refractivity contribution in [2.24, 2.45) is 0 Å². The Bertz CT molecular complexity index is 707. The van der Waals surface area contributed by atoms with Crippen LogP contribution in [-0.4, -0.2) is 62.7 Å². The average molecular weight is 310 g/mol. The van der Waals surface area contributed by atoms with Crippen molar-refractivity contribution >= 4 is 21.1 Å².